The van der Waals surface area contributed by atoms with Gasteiger partial charge in [-0.15, -0.1) is 0 Å². The summed E-state index contributed by atoms with van der Waals surface area (Å²) >= 11 is 1.59. The van der Waals surface area contributed by atoms with Crippen LogP contribution in [0.4, 0.5) is 0 Å². The van der Waals surface area contributed by atoms with Gasteiger partial charge in [0, 0.05) is 32.1 Å². The van der Waals surface area contributed by atoms with E-state index < -0.39 is 47.3 Å². The Bertz CT molecular complexity index is 1520. The molecule has 5 aliphatic rings. The third kappa shape index (κ3) is 4.29. The zero-order valence-electron chi connectivity index (χ0n) is 24.4. The first-order chi connectivity index (χ1) is 20.6. The van der Waals surface area contributed by atoms with E-state index in [2.05, 4.69) is 6.92 Å². The molecule has 1 saturated heterocycles. The summed E-state index contributed by atoms with van der Waals surface area (Å²) < 4.78 is 13.4. The number of hydrogen-bond acceptors (Lipinski definition) is 8. The van der Waals surface area contributed by atoms with E-state index in [1.165, 1.54) is 0 Å². The van der Waals surface area contributed by atoms with Crippen LogP contribution in [0.1, 0.15) is 56.9 Å². The van der Waals surface area contributed by atoms with Gasteiger partial charge in [0.15, 0.2) is 23.5 Å². The molecule has 0 bridgehead atoms. The molecule has 2 aromatic carbocycles. The second-order valence-corrected chi connectivity index (χ2v) is 14.5. The molecule has 0 spiro atoms. The van der Waals surface area contributed by atoms with Crippen LogP contribution in [-0.4, -0.2) is 51.3 Å². The number of hydrogen-bond donors (Lipinski definition) is 3. The Hall–Kier alpha value is -2.59. The number of rotatable bonds is 6. The number of ketones is 2. The lowest BCUT2D eigenvalue weighted by Gasteiger charge is -2.59. The van der Waals surface area contributed by atoms with Crippen LogP contribution in [0.5, 0.6) is 0 Å². The number of ether oxygens (including phenoxy) is 2. The topological polar surface area (TPSA) is 113 Å². The van der Waals surface area contributed by atoms with Gasteiger partial charge in [-0.1, -0.05) is 61.5 Å². The van der Waals surface area contributed by atoms with Gasteiger partial charge in [-0.2, -0.15) is 0 Å². The molecule has 43 heavy (non-hydrogen) atoms. The molecule has 2 aromatic rings. The van der Waals surface area contributed by atoms with Crippen LogP contribution in [-0.2, 0) is 25.7 Å². The molecule has 3 saturated carbocycles. The van der Waals surface area contributed by atoms with Crippen LogP contribution in [0.2, 0.25) is 0 Å². The molecule has 8 heteroatoms. The third-order valence-electron chi connectivity index (χ3n) is 11.3. The van der Waals surface area contributed by atoms with Crippen LogP contribution in [0.25, 0.3) is 0 Å². The fraction of sp³-hybridized carbons (Fsp3) is 0.486. The van der Waals surface area contributed by atoms with E-state index in [0.29, 0.717) is 12.8 Å². The SMILES string of the molecule is C[C@]12C=CC(=O)C=C1CC[C@@H]1[C@@H]2[C@@H](O)C[C@@]2(C)[C@H]1C[C@H]1O[C@@H](c3cccc(Sc4ccc(CO)cc4)c3)O[C@]12C(=O)CO. The van der Waals surface area contributed by atoms with Crippen LogP contribution >= 0.6 is 11.8 Å². The van der Waals surface area contributed by atoms with E-state index in [4.69, 9.17) is 9.47 Å². The number of Topliss-reactive ketones (excluding diaryl/α,β-unsaturated/α-hetero) is 1. The van der Waals surface area contributed by atoms with Crippen molar-refractivity contribution in [3.8, 4) is 0 Å². The molecule has 0 aromatic heterocycles. The maximum absolute atomic E-state index is 13.8. The maximum atomic E-state index is 13.8. The second kappa shape index (κ2) is 10.5. The summed E-state index contributed by atoms with van der Waals surface area (Å²) in [7, 11) is 0. The van der Waals surface area contributed by atoms with Gasteiger partial charge in [-0.25, -0.2) is 0 Å². The van der Waals surface area contributed by atoms with E-state index in [0.717, 1.165) is 39.3 Å². The molecule has 226 valence electrons. The molecule has 1 heterocycles. The Morgan fingerprint density at radius 3 is 2.63 bits per heavy atom. The Labute approximate surface area is 256 Å². The molecule has 0 amide bonds. The largest absolute Gasteiger partial charge is 0.393 e. The summed E-state index contributed by atoms with van der Waals surface area (Å²) in [4.78, 5) is 28.0. The zero-order chi connectivity index (χ0) is 30.1. The Kier molecular flexibility index (Phi) is 7.12. The highest BCUT2D eigenvalue weighted by molar-refractivity contribution is 7.99. The third-order valence-corrected chi connectivity index (χ3v) is 12.3. The molecule has 4 aliphatic carbocycles. The van der Waals surface area contributed by atoms with E-state index in [9.17, 15) is 24.9 Å². The van der Waals surface area contributed by atoms with Gasteiger partial charge in [-0.3, -0.25) is 9.59 Å². The highest BCUT2D eigenvalue weighted by Gasteiger charge is 2.75. The average molecular weight is 603 g/mol. The second-order valence-electron chi connectivity index (χ2n) is 13.3. The Morgan fingerprint density at radius 2 is 1.88 bits per heavy atom. The van der Waals surface area contributed by atoms with Crippen molar-refractivity contribution in [2.75, 3.05) is 6.61 Å². The van der Waals surface area contributed by atoms with Crippen LogP contribution < -0.4 is 0 Å². The van der Waals surface area contributed by atoms with Crippen molar-refractivity contribution in [1.82, 2.24) is 0 Å². The number of aliphatic hydroxyl groups excluding tert-OH is 3. The molecule has 0 radical (unpaired) electrons. The number of aliphatic hydroxyl groups is 3. The molecule has 3 N–H and O–H groups in total. The van der Waals surface area contributed by atoms with Crippen molar-refractivity contribution in [2.24, 2.45) is 28.6 Å². The van der Waals surface area contributed by atoms with E-state index in [-0.39, 0.29) is 30.1 Å². The number of allylic oxidation sites excluding steroid dienone is 4. The lowest BCUT2D eigenvalue weighted by atomic mass is 9.46. The van der Waals surface area contributed by atoms with Crippen molar-refractivity contribution in [1.29, 1.82) is 0 Å². The molecule has 9 atom stereocenters. The summed E-state index contributed by atoms with van der Waals surface area (Å²) in [5.74, 6) is -0.304. The first-order valence-electron chi connectivity index (χ1n) is 15.2. The minimum Gasteiger partial charge on any atom is -0.393 e. The molecule has 4 fully saturated rings. The lowest BCUT2D eigenvalue weighted by molar-refractivity contribution is -0.201. The van der Waals surface area contributed by atoms with Gasteiger partial charge in [-0.05, 0) is 79.5 Å². The summed E-state index contributed by atoms with van der Waals surface area (Å²) in [6, 6.07) is 15.6. The van der Waals surface area contributed by atoms with Gasteiger partial charge < -0.3 is 24.8 Å². The summed E-state index contributed by atoms with van der Waals surface area (Å²) in [5.41, 5.74) is 0.207. The van der Waals surface area contributed by atoms with Crippen molar-refractivity contribution in [2.45, 2.75) is 80.0 Å². The van der Waals surface area contributed by atoms with Gasteiger partial charge >= 0.3 is 0 Å². The zero-order valence-corrected chi connectivity index (χ0v) is 25.3. The summed E-state index contributed by atoms with van der Waals surface area (Å²) in [6.45, 7) is 3.52. The predicted octanol–water partition coefficient (Wildman–Crippen LogP) is 4.93. The number of carbonyl (C=O) groups is 2. The lowest BCUT2D eigenvalue weighted by Crippen LogP contribution is -2.63. The van der Waals surface area contributed by atoms with Gasteiger partial charge in [0.2, 0.25) is 0 Å². The van der Waals surface area contributed by atoms with E-state index in [1.807, 2.05) is 61.5 Å². The number of benzene rings is 2. The fourth-order valence-electron chi connectivity index (χ4n) is 9.36. The number of fused-ring (bicyclic) bond motifs is 7. The monoisotopic (exact) mass is 602 g/mol. The Morgan fingerprint density at radius 1 is 1.09 bits per heavy atom. The molecular weight excluding hydrogens is 564 g/mol. The van der Waals surface area contributed by atoms with Crippen molar-refractivity contribution >= 4 is 23.3 Å². The van der Waals surface area contributed by atoms with Gasteiger partial charge in [0.05, 0.1) is 18.8 Å². The quantitative estimate of drug-likeness (QED) is 0.427. The highest BCUT2D eigenvalue weighted by Crippen LogP contribution is 2.70. The molecule has 7 nitrogen and oxygen atoms in total. The molecule has 7 rings (SSSR count). The summed E-state index contributed by atoms with van der Waals surface area (Å²) in [5, 5.41) is 31.4. The fourth-order valence-corrected chi connectivity index (χ4v) is 10.2. The average Bonchev–Trinajstić information content (AvgIpc) is 3.50. The first kappa shape index (κ1) is 29.1. The Balaban J connectivity index is 1.19. The normalized spacial score (nSPS) is 39.5. The number of carbonyl (C=O) groups excluding carboxylic acids is 2. The molecule has 1 aliphatic heterocycles. The van der Waals surface area contributed by atoms with Gasteiger partial charge in [0.25, 0.3) is 0 Å². The maximum Gasteiger partial charge on any atom is 0.193 e. The highest BCUT2D eigenvalue weighted by atomic mass is 32.2. The van der Waals surface area contributed by atoms with Crippen molar-refractivity contribution in [3.05, 3.63) is 83.5 Å². The first-order valence-corrected chi connectivity index (χ1v) is 16.0. The minimum absolute atomic E-state index is 0.0000668. The van der Waals surface area contributed by atoms with E-state index >= 15 is 0 Å². The standard InChI is InChI=1S/C35H38O7S/c1-33-13-12-23(38)15-22(33)8-11-26-27-16-30-35(29(40)19-37,34(27,2)17-28(39)31(26)33)42-32(41-30)21-4-3-5-25(14-21)43-24-9-6-20(18-36)7-10-24/h3-7,9-10,12-15,26-28,30-32,36-37,39H,8,11,16-19H2,1-2H3/t26-,27-,28-,30+,31+,32+,33-,34-,35+/m0/s1. The molecular formula is C35H38O7S. The predicted molar refractivity (Wildman–Crippen MR) is 160 cm³/mol. The van der Waals surface area contributed by atoms with Crippen LogP contribution in [0.3, 0.4) is 0 Å². The van der Waals surface area contributed by atoms with Crippen molar-refractivity contribution in [3.63, 3.8) is 0 Å². The van der Waals surface area contributed by atoms with Crippen molar-refractivity contribution < 1.29 is 34.4 Å². The summed E-state index contributed by atoms with van der Waals surface area (Å²) in [6.07, 6.45) is 5.86. The van der Waals surface area contributed by atoms with Crippen LogP contribution in [0.15, 0.2) is 82.1 Å². The van der Waals surface area contributed by atoms with E-state index in [1.54, 1.807) is 23.9 Å². The molecule has 0 unspecified atom stereocenters. The van der Waals surface area contributed by atoms with Gasteiger partial charge in [0.1, 0.15) is 6.61 Å². The minimum atomic E-state index is -1.37. The van der Waals surface area contributed by atoms with Crippen LogP contribution in [0, 0.1) is 28.6 Å². The smallest absolute Gasteiger partial charge is 0.193 e.